The molecule has 1 aromatic rings. The van der Waals surface area contributed by atoms with Crippen molar-refractivity contribution in [2.24, 2.45) is 17.3 Å². The fraction of sp³-hybridized carbons (Fsp3) is 0.688. The highest BCUT2D eigenvalue weighted by Crippen LogP contribution is 2.38. The molecule has 196 valence electrons. The summed E-state index contributed by atoms with van der Waals surface area (Å²) < 4.78 is 6.69. The quantitative estimate of drug-likeness (QED) is 0.271. The number of carbonyl (C=O) groups excluding carboxylic acids is 1. The van der Waals surface area contributed by atoms with Crippen molar-refractivity contribution in [1.29, 1.82) is 5.26 Å². The minimum atomic E-state index is -0.537. The maximum absolute atomic E-state index is 13.9. The summed E-state index contributed by atoms with van der Waals surface area (Å²) in [6, 6.07) is 11.3. The largest absolute Gasteiger partial charge is 0.367 e. The molecule has 1 aliphatic heterocycles. The lowest BCUT2D eigenvalue weighted by molar-refractivity contribution is -0.140. The van der Waals surface area contributed by atoms with Gasteiger partial charge in [-0.3, -0.25) is 4.79 Å². The van der Waals surface area contributed by atoms with E-state index in [1.54, 1.807) is 0 Å². The molecular formula is C32H46N2O2. The van der Waals surface area contributed by atoms with Gasteiger partial charge in [-0.2, -0.15) is 5.26 Å². The number of nitriles is 1. The molecule has 0 aromatic heterocycles. The Hall–Kier alpha value is -1.96. The van der Waals surface area contributed by atoms with E-state index in [1.165, 1.54) is 23.1 Å². The summed E-state index contributed by atoms with van der Waals surface area (Å²) in [5, 5.41) is 10.2. The zero-order chi connectivity index (χ0) is 25.5. The molecule has 0 N–H and O–H groups in total. The number of rotatable bonds is 10. The fourth-order valence-electron chi connectivity index (χ4n) is 6.79. The topological polar surface area (TPSA) is 53.3 Å². The Kier molecular flexibility index (Phi) is 9.42. The van der Waals surface area contributed by atoms with Crippen LogP contribution in [0.5, 0.6) is 0 Å². The van der Waals surface area contributed by atoms with Gasteiger partial charge in [-0.05, 0) is 120 Å². The number of benzene rings is 1. The number of likely N-dealkylation sites (tertiary alicyclic amines) is 1. The van der Waals surface area contributed by atoms with Crippen LogP contribution in [0, 0.1) is 28.6 Å². The molecular weight excluding hydrogens is 444 g/mol. The molecule has 4 heteroatoms. The fourth-order valence-corrected chi connectivity index (χ4v) is 6.79. The molecule has 36 heavy (non-hydrogen) atoms. The van der Waals surface area contributed by atoms with E-state index < -0.39 is 11.5 Å². The highest BCUT2D eigenvalue weighted by molar-refractivity contribution is 5.84. The average molecular weight is 491 g/mol. The Balaban J connectivity index is 1.44. The van der Waals surface area contributed by atoms with Gasteiger partial charge >= 0.3 is 0 Å². The van der Waals surface area contributed by atoms with Crippen molar-refractivity contribution in [3.05, 3.63) is 47.5 Å². The van der Waals surface area contributed by atoms with E-state index in [4.69, 9.17) is 4.74 Å². The third-order valence-corrected chi connectivity index (χ3v) is 9.16. The molecule has 1 aromatic carbocycles. The molecule has 4 nitrogen and oxygen atoms in total. The second-order valence-corrected chi connectivity index (χ2v) is 11.9. The Morgan fingerprint density at radius 2 is 1.89 bits per heavy atom. The lowest BCUT2D eigenvalue weighted by atomic mass is 9.74. The standard InChI is InChI=1S/C32H46N2O2/c1-4-16-34-17-14-32(23-33,15-18-34)22-30(35)31(21-26-19-28-9-5-6-10-29(28)20-26)36-25(3)27-11-7-8-24(2)12-13-27/h5-6,9-10,25-27,31H,2,4,7-8,11-22H2,1,3H3. The third kappa shape index (κ3) is 6.87. The van der Waals surface area contributed by atoms with E-state index in [-0.39, 0.29) is 11.9 Å². The Morgan fingerprint density at radius 1 is 1.19 bits per heavy atom. The summed E-state index contributed by atoms with van der Waals surface area (Å²) in [6.45, 7) is 11.5. The summed E-state index contributed by atoms with van der Waals surface area (Å²) >= 11 is 0. The van der Waals surface area contributed by atoms with Crippen molar-refractivity contribution in [2.45, 2.75) is 103 Å². The maximum Gasteiger partial charge on any atom is 0.163 e. The van der Waals surface area contributed by atoms with Gasteiger partial charge in [0.15, 0.2) is 5.78 Å². The number of carbonyl (C=O) groups is 1. The van der Waals surface area contributed by atoms with Crippen LogP contribution in [0.25, 0.3) is 0 Å². The SMILES string of the molecule is C=C1CCCC(C(C)OC(CC2Cc3ccccc3C2)C(=O)CC2(C#N)CCN(CCC)CC2)CC1. The molecule has 0 bridgehead atoms. The minimum Gasteiger partial charge on any atom is -0.367 e. The monoisotopic (exact) mass is 490 g/mol. The molecule has 1 saturated carbocycles. The number of piperidine rings is 1. The van der Waals surface area contributed by atoms with Crippen LogP contribution in [0.1, 0.15) is 89.2 Å². The smallest absolute Gasteiger partial charge is 0.163 e. The molecule has 0 radical (unpaired) electrons. The predicted molar refractivity (Wildman–Crippen MR) is 146 cm³/mol. The molecule has 2 aliphatic carbocycles. The van der Waals surface area contributed by atoms with Gasteiger partial charge < -0.3 is 9.64 Å². The van der Waals surface area contributed by atoms with E-state index in [0.29, 0.717) is 18.3 Å². The Morgan fingerprint density at radius 3 is 2.53 bits per heavy atom. The number of fused-ring (bicyclic) bond motifs is 1. The highest BCUT2D eigenvalue weighted by atomic mass is 16.5. The van der Waals surface area contributed by atoms with Crippen LogP contribution in [0.4, 0.5) is 0 Å². The molecule has 4 rings (SSSR count). The summed E-state index contributed by atoms with van der Waals surface area (Å²) in [5.74, 6) is 1.06. The number of ketones is 1. The zero-order valence-electron chi connectivity index (χ0n) is 22.6. The van der Waals surface area contributed by atoms with Crippen molar-refractivity contribution < 1.29 is 9.53 Å². The van der Waals surface area contributed by atoms with Crippen molar-refractivity contribution in [3.63, 3.8) is 0 Å². The lowest BCUT2D eigenvalue weighted by Gasteiger charge is -2.38. The zero-order valence-corrected chi connectivity index (χ0v) is 22.6. The van der Waals surface area contributed by atoms with Gasteiger partial charge in [-0.1, -0.05) is 43.3 Å². The number of hydrogen-bond donors (Lipinski definition) is 0. The average Bonchev–Trinajstić information content (AvgIpc) is 3.16. The van der Waals surface area contributed by atoms with E-state index >= 15 is 0 Å². The second kappa shape index (κ2) is 12.5. The van der Waals surface area contributed by atoms with Crippen molar-refractivity contribution in [3.8, 4) is 6.07 Å². The summed E-state index contributed by atoms with van der Waals surface area (Å²) in [7, 11) is 0. The van der Waals surface area contributed by atoms with Crippen LogP contribution < -0.4 is 0 Å². The number of hydrogen-bond acceptors (Lipinski definition) is 4. The van der Waals surface area contributed by atoms with Gasteiger partial charge in [0, 0.05) is 6.42 Å². The van der Waals surface area contributed by atoms with Gasteiger partial charge in [0.1, 0.15) is 6.10 Å². The molecule has 1 heterocycles. The van der Waals surface area contributed by atoms with E-state index in [2.05, 4.69) is 55.7 Å². The lowest BCUT2D eigenvalue weighted by Crippen LogP contribution is -2.43. The number of allylic oxidation sites excluding steroid dienone is 1. The molecule has 2 fully saturated rings. The summed E-state index contributed by atoms with van der Waals surface area (Å²) in [5.41, 5.74) is 3.65. The van der Waals surface area contributed by atoms with E-state index in [1.807, 2.05) is 0 Å². The minimum absolute atomic E-state index is 0.0538. The maximum atomic E-state index is 13.9. The van der Waals surface area contributed by atoms with Gasteiger partial charge in [0.05, 0.1) is 17.6 Å². The first-order valence-corrected chi connectivity index (χ1v) is 14.5. The molecule has 3 atom stereocenters. The first kappa shape index (κ1) is 27.1. The Labute approximate surface area is 219 Å². The molecule has 1 saturated heterocycles. The van der Waals surface area contributed by atoms with Crippen LogP contribution in [0.15, 0.2) is 36.4 Å². The summed E-state index contributed by atoms with van der Waals surface area (Å²) in [4.78, 5) is 16.3. The van der Waals surface area contributed by atoms with Crippen molar-refractivity contribution >= 4 is 5.78 Å². The van der Waals surface area contributed by atoms with Crippen molar-refractivity contribution in [2.75, 3.05) is 19.6 Å². The number of ether oxygens (including phenoxy) is 1. The first-order valence-electron chi connectivity index (χ1n) is 14.5. The highest BCUT2D eigenvalue weighted by Gasteiger charge is 2.40. The Bertz CT molecular complexity index is 915. The van der Waals surface area contributed by atoms with Crippen LogP contribution in [0.2, 0.25) is 0 Å². The van der Waals surface area contributed by atoms with Gasteiger partial charge in [0.25, 0.3) is 0 Å². The predicted octanol–water partition coefficient (Wildman–Crippen LogP) is 6.68. The molecule has 0 spiro atoms. The van der Waals surface area contributed by atoms with Gasteiger partial charge in [0.2, 0.25) is 0 Å². The molecule has 3 aliphatic rings. The van der Waals surface area contributed by atoms with Crippen LogP contribution in [-0.2, 0) is 22.4 Å². The molecule has 3 unspecified atom stereocenters. The van der Waals surface area contributed by atoms with Crippen molar-refractivity contribution in [1.82, 2.24) is 4.90 Å². The first-order chi connectivity index (χ1) is 17.4. The summed E-state index contributed by atoms with van der Waals surface area (Å²) in [6.07, 6.45) is 11.1. The second-order valence-electron chi connectivity index (χ2n) is 11.9. The molecule has 0 amide bonds. The van der Waals surface area contributed by atoms with Gasteiger partial charge in [-0.25, -0.2) is 0 Å². The third-order valence-electron chi connectivity index (χ3n) is 9.16. The number of Topliss-reactive ketones (excluding diaryl/α,β-unsaturated/α-hetero) is 1. The number of nitrogens with zero attached hydrogens (tertiary/aromatic N) is 2. The normalized spacial score (nSPS) is 24.5. The van der Waals surface area contributed by atoms with Gasteiger partial charge in [-0.15, -0.1) is 0 Å². The van der Waals surface area contributed by atoms with Crippen LogP contribution >= 0.6 is 0 Å². The van der Waals surface area contributed by atoms with E-state index in [9.17, 15) is 10.1 Å². The van der Waals surface area contributed by atoms with E-state index in [0.717, 1.165) is 83.8 Å². The van der Waals surface area contributed by atoms with Crippen LogP contribution in [0.3, 0.4) is 0 Å². The van der Waals surface area contributed by atoms with Crippen LogP contribution in [-0.4, -0.2) is 42.5 Å².